The lowest BCUT2D eigenvalue weighted by Gasteiger charge is -2.11. The van der Waals surface area contributed by atoms with Gasteiger partial charge in [0.15, 0.2) is 11.5 Å². The molecule has 0 bridgehead atoms. The highest BCUT2D eigenvalue weighted by molar-refractivity contribution is 6.34. The topological polar surface area (TPSA) is 59.6 Å². The van der Waals surface area contributed by atoms with E-state index in [4.69, 9.17) is 21.1 Å². The third-order valence-electron chi connectivity index (χ3n) is 3.09. The van der Waals surface area contributed by atoms with Crippen molar-refractivity contribution in [2.24, 2.45) is 0 Å². The van der Waals surface area contributed by atoms with Crippen molar-refractivity contribution in [1.82, 2.24) is 0 Å². The number of carbonyl (C=O) groups excluding carboxylic acids is 1. The zero-order valence-electron chi connectivity index (χ0n) is 11.3. The number of hydrogen-bond donors (Lipinski definition) is 2. The van der Waals surface area contributed by atoms with Gasteiger partial charge in [0.1, 0.15) is 0 Å². The molecule has 0 unspecified atom stereocenters. The van der Waals surface area contributed by atoms with E-state index in [1.165, 1.54) is 0 Å². The lowest BCUT2D eigenvalue weighted by Crippen LogP contribution is -2.20. The molecular weight excluding hydrogens is 292 g/mol. The van der Waals surface area contributed by atoms with Crippen molar-refractivity contribution in [3.8, 4) is 11.5 Å². The summed E-state index contributed by atoms with van der Waals surface area (Å²) in [7, 11) is 0. The maximum atomic E-state index is 12.0. The van der Waals surface area contributed by atoms with Gasteiger partial charge in [0.2, 0.25) is 6.79 Å². The maximum absolute atomic E-state index is 12.0. The molecule has 0 aromatic heterocycles. The van der Waals surface area contributed by atoms with Crippen molar-refractivity contribution in [2.75, 3.05) is 17.4 Å². The quantitative estimate of drug-likeness (QED) is 0.881. The number of ether oxygens (including phenoxy) is 2. The number of aryl methyl sites for hydroxylation is 1. The average Bonchev–Trinajstić information content (AvgIpc) is 2.90. The number of para-hydroxylation sites is 1. The Hall–Kier alpha value is -2.40. The molecule has 3 rings (SSSR count). The second kappa shape index (κ2) is 5.54. The molecule has 1 aliphatic heterocycles. The molecule has 2 aromatic carbocycles. The van der Waals surface area contributed by atoms with Gasteiger partial charge in [0.25, 0.3) is 0 Å². The third-order valence-corrected chi connectivity index (χ3v) is 3.41. The van der Waals surface area contributed by atoms with Crippen LogP contribution in [0.4, 0.5) is 16.2 Å². The second-order valence-electron chi connectivity index (χ2n) is 4.58. The van der Waals surface area contributed by atoms with Gasteiger partial charge < -0.3 is 20.1 Å². The fourth-order valence-corrected chi connectivity index (χ4v) is 2.31. The summed E-state index contributed by atoms with van der Waals surface area (Å²) in [6.45, 7) is 2.08. The second-order valence-corrected chi connectivity index (χ2v) is 4.99. The molecular formula is C15H13ClN2O3. The first-order chi connectivity index (χ1) is 10.1. The molecule has 1 aliphatic rings. The van der Waals surface area contributed by atoms with E-state index in [1.807, 2.05) is 19.1 Å². The minimum Gasteiger partial charge on any atom is -0.454 e. The molecule has 108 valence electrons. The molecule has 21 heavy (non-hydrogen) atoms. The van der Waals surface area contributed by atoms with Crippen LogP contribution in [-0.4, -0.2) is 12.8 Å². The number of carbonyl (C=O) groups is 1. The first-order valence-corrected chi connectivity index (χ1v) is 6.74. The van der Waals surface area contributed by atoms with Crippen LogP contribution >= 0.6 is 11.6 Å². The Morgan fingerprint density at radius 2 is 1.95 bits per heavy atom. The normalized spacial score (nSPS) is 12.1. The number of amides is 2. The minimum atomic E-state index is -0.370. The minimum absolute atomic E-state index is 0.198. The molecule has 0 radical (unpaired) electrons. The van der Waals surface area contributed by atoms with E-state index in [1.54, 1.807) is 24.3 Å². The lowest BCUT2D eigenvalue weighted by atomic mass is 10.2. The standard InChI is InChI=1S/C15H13ClN2O3/c1-9-3-2-4-11(16)14(9)18-15(19)17-10-5-6-12-13(7-10)21-8-20-12/h2-7H,8H2,1H3,(H2,17,18,19). The number of anilines is 2. The summed E-state index contributed by atoms with van der Waals surface area (Å²) in [4.78, 5) is 12.0. The number of fused-ring (bicyclic) bond motifs is 1. The van der Waals surface area contributed by atoms with Crippen LogP contribution in [0, 0.1) is 6.92 Å². The molecule has 5 nitrogen and oxygen atoms in total. The fraction of sp³-hybridized carbons (Fsp3) is 0.133. The van der Waals surface area contributed by atoms with Gasteiger partial charge in [-0.3, -0.25) is 0 Å². The summed E-state index contributed by atoms with van der Waals surface area (Å²) >= 11 is 6.07. The Kier molecular flexibility index (Phi) is 3.58. The molecule has 0 saturated carbocycles. The molecule has 0 atom stereocenters. The fourth-order valence-electron chi connectivity index (χ4n) is 2.04. The first kappa shape index (κ1) is 13.6. The Morgan fingerprint density at radius 1 is 1.14 bits per heavy atom. The van der Waals surface area contributed by atoms with E-state index in [0.29, 0.717) is 27.9 Å². The van der Waals surface area contributed by atoms with Crippen LogP contribution in [0.1, 0.15) is 5.56 Å². The highest BCUT2D eigenvalue weighted by atomic mass is 35.5. The molecule has 1 heterocycles. The molecule has 0 spiro atoms. The number of rotatable bonds is 2. The number of hydrogen-bond acceptors (Lipinski definition) is 3. The van der Waals surface area contributed by atoms with Gasteiger partial charge in [0.05, 0.1) is 10.7 Å². The smallest absolute Gasteiger partial charge is 0.323 e. The molecule has 2 amide bonds. The van der Waals surface area contributed by atoms with Crippen LogP contribution in [0.3, 0.4) is 0 Å². The number of halogens is 1. The number of nitrogens with one attached hydrogen (secondary N) is 2. The number of urea groups is 1. The molecule has 2 N–H and O–H groups in total. The van der Waals surface area contributed by atoms with E-state index in [2.05, 4.69) is 10.6 Å². The largest absolute Gasteiger partial charge is 0.454 e. The summed E-state index contributed by atoms with van der Waals surface area (Å²) in [6, 6.07) is 10.3. The van der Waals surface area contributed by atoms with Crippen molar-refractivity contribution >= 4 is 29.0 Å². The average molecular weight is 305 g/mol. The highest BCUT2D eigenvalue weighted by Gasteiger charge is 2.14. The van der Waals surface area contributed by atoms with Gasteiger partial charge >= 0.3 is 6.03 Å². The van der Waals surface area contributed by atoms with E-state index in [-0.39, 0.29) is 12.8 Å². The van der Waals surface area contributed by atoms with Gasteiger partial charge in [0, 0.05) is 11.8 Å². The van der Waals surface area contributed by atoms with Gasteiger partial charge in [-0.15, -0.1) is 0 Å². The van der Waals surface area contributed by atoms with E-state index in [9.17, 15) is 4.79 Å². The SMILES string of the molecule is Cc1cccc(Cl)c1NC(=O)Nc1ccc2c(c1)OCO2. The van der Waals surface area contributed by atoms with Crippen molar-refractivity contribution in [3.05, 3.63) is 47.0 Å². The molecule has 6 heteroatoms. The van der Waals surface area contributed by atoms with E-state index in [0.717, 1.165) is 5.56 Å². The zero-order chi connectivity index (χ0) is 14.8. The summed E-state index contributed by atoms with van der Waals surface area (Å²) < 4.78 is 10.5. The highest BCUT2D eigenvalue weighted by Crippen LogP contribution is 2.34. The van der Waals surface area contributed by atoms with Crippen LogP contribution in [0.15, 0.2) is 36.4 Å². The van der Waals surface area contributed by atoms with Gasteiger partial charge in [-0.2, -0.15) is 0 Å². The van der Waals surface area contributed by atoms with Crippen molar-refractivity contribution in [2.45, 2.75) is 6.92 Å². The summed E-state index contributed by atoms with van der Waals surface area (Å²) in [5.74, 6) is 1.28. The molecule has 0 fully saturated rings. The van der Waals surface area contributed by atoms with Crippen molar-refractivity contribution in [3.63, 3.8) is 0 Å². The van der Waals surface area contributed by atoms with Gasteiger partial charge in [-0.25, -0.2) is 4.79 Å². The Morgan fingerprint density at radius 3 is 2.76 bits per heavy atom. The van der Waals surface area contributed by atoms with Gasteiger partial charge in [-0.05, 0) is 30.7 Å². The Balaban J connectivity index is 1.72. The third kappa shape index (κ3) is 2.87. The predicted molar refractivity (Wildman–Crippen MR) is 81.4 cm³/mol. The van der Waals surface area contributed by atoms with Crippen LogP contribution < -0.4 is 20.1 Å². The first-order valence-electron chi connectivity index (χ1n) is 6.36. The zero-order valence-corrected chi connectivity index (χ0v) is 12.0. The van der Waals surface area contributed by atoms with Gasteiger partial charge in [-0.1, -0.05) is 23.7 Å². The van der Waals surface area contributed by atoms with Crippen LogP contribution in [0.25, 0.3) is 0 Å². The summed E-state index contributed by atoms with van der Waals surface area (Å²) in [5.41, 5.74) is 2.10. The Labute approximate surface area is 126 Å². The molecule has 0 aliphatic carbocycles. The Bertz CT molecular complexity index is 683. The van der Waals surface area contributed by atoms with E-state index >= 15 is 0 Å². The summed E-state index contributed by atoms with van der Waals surface area (Å²) in [6.07, 6.45) is 0. The lowest BCUT2D eigenvalue weighted by molar-refractivity contribution is 0.174. The van der Waals surface area contributed by atoms with Crippen LogP contribution in [-0.2, 0) is 0 Å². The number of benzene rings is 2. The maximum Gasteiger partial charge on any atom is 0.323 e. The summed E-state index contributed by atoms with van der Waals surface area (Å²) in [5, 5.41) is 5.97. The molecule has 2 aromatic rings. The monoisotopic (exact) mass is 304 g/mol. The van der Waals surface area contributed by atoms with Crippen molar-refractivity contribution in [1.29, 1.82) is 0 Å². The van der Waals surface area contributed by atoms with Crippen LogP contribution in [0.5, 0.6) is 11.5 Å². The van der Waals surface area contributed by atoms with E-state index < -0.39 is 0 Å². The predicted octanol–water partition coefficient (Wildman–Crippen LogP) is 4.02. The van der Waals surface area contributed by atoms with Crippen molar-refractivity contribution < 1.29 is 14.3 Å². The molecule has 0 saturated heterocycles. The van der Waals surface area contributed by atoms with Crippen LogP contribution in [0.2, 0.25) is 5.02 Å².